The molecule has 21 heavy (non-hydrogen) atoms. The summed E-state index contributed by atoms with van der Waals surface area (Å²) in [4.78, 5) is 4.88. The van der Waals surface area contributed by atoms with Gasteiger partial charge in [-0.1, -0.05) is 6.07 Å². The Morgan fingerprint density at radius 1 is 1.05 bits per heavy atom. The van der Waals surface area contributed by atoms with E-state index in [1.165, 1.54) is 11.1 Å². The number of hydrogen-bond donors (Lipinski definition) is 1. The molecule has 0 atom stereocenters. The number of benzene rings is 2. The van der Waals surface area contributed by atoms with Gasteiger partial charge in [-0.15, -0.1) is 0 Å². The number of nitrogen functional groups attached to an aromatic ring is 1. The molecule has 1 aromatic heterocycles. The SMILES string of the molecule is Cc1ccc2c(c1)nc(-c1ccc(N)cc1C)n2C(C)C. The molecule has 2 N–H and O–H groups in total. The summed E-state index contributed by atoms with van der Waals surface area (Å²) in [5.41, 5.74) is 12.4. The van der Waals surface area contributed by atoms with Crippen molar-refractivity contribution in [3.05, 3.63) is 47.5 Å². The number of imidazole rings is 1. The highest BCUT2D eigenvalue weighted by atomic mass is 15.1. The second-order valence-corrected chi connectivity index (χ2v) is 5.97. The van der Waals surface area contributed by atoms with Crippen molar-refractivity contribution in [3.63, 3.8) is 0 Å². The number of hydrogen-bond acceptors (Lipinski definition) is 2. The normalized spacial score (nSPS) is 11.5. The molecule has 0 radical (unpaired) electrons. The fourth-order valence-electron chi connectivity index (χ4n) is 2.86. The van der Waals surface area contributed by atoms with Crippen LogP contribution in [-0.2, 0) is 0 Å². The summed E-state index contributed by atoms with van der Waals surface area (Å²) in [5, 5.41) is 0. The Bertz CT molecular complexity index is 813. The number of nitrogens with zero attached hydrogens (tertiary/aromatic N) is 2. The smallest absolute Gasteiger partial charge is 0.141 e. The van der Waals surface area contributed by atoms with Crippen LogP contribution in [0.2, 0.25) is 0 Å². The first-order chi connectivity index (χ1) is 9.97. The molecule has 0 aliphatic heterocycles. The van der Waals surface area contributed by atoms with Crippen LogP contribution in [0.4, 0.5) is 5.69 Å². The molecule has 3 nitrogen and oxygen atoms in total. The molecule has 0 bridgehead atoms. The maximum absolute atomic E-state index is 5.87. The molecule has 0 aliphatic carbocycles. The van der Waals surface area contributed by atoms with E-state index in [0.717, 1.165) is 28.2 Å². The van der Waals surface area contributed by atoms with Gasteiger partial charge in [0.2, 0.25) is 0 Å². The van der Waals surface area contributed by atoms with Crippen molar-refractivity contribution in [1.82, 2.24) is 9.55 Å². The largest absolute Gasteiger partial charge is 0.399 e. The predicted octanol–water partition coefficient (Wildman–Crippen LogP) is 4.48. The van der Waals surface area contributed by atoms with Gasteiger partial charge >= 0.3 is 0 Å². The van der Waals surface area contributed by atoms with Gasteiger partial charge in [0, 0.05) is 17.3 Å². The molecule has 108 valence electrons. The van der Waals surface area contributed by atoms with E-state index in [2.05, 4.69) is 56.5 Å². The van der Waals surface area contributed by atoms with Crippen LogP contribution in [0.15, 0.2) is 36.4 Å². The van der Waals surface area contributed by atoms with E-state index in [1.54, 1.807) is 0 Å². The van der Waals surface area contributed by atoms with Crippen molar-refractivity contribution >= 4 is 16.7 Å². The average molecular weight is 279 g/mol. The Morgan fingerprint density at radius 2 is 1.81 bits per heavy atom. The van der Waals surface area contributed by atoms with Crippen LogP contribution in [0.3, 0.4) is 0 Å². The maximum Gasteiger partial charge on any atom is 0.141 e. The van der Waals surface area contributed by atoms with Crippen LogP contribution in [0, 0.1) is 13.8 Å². The number of aryl methyl sites for hydroxylation is 2. The van der Waals surface area contributed by atoms with Crippen LogP contribution in [0.5, 0.6) is 0 Å². The number of rotatable bonds is 2. The van der Waals surface area contributed by atoms with Gasteiger partial charge in [-0.3, -0.25) is 0 Å². The quantitative estimate of drug-likeness (QED) is 0.703. The third kappa shape index (κ3) is 2.29. The van der Waals surface area contributed by atoms with Crippen LogP contribution < -0.4 is 5.73 Å². The molecule has 0 fully saturated rings. The van der Waals surface area contributed by atoms with E-state index >= 15 is 0 Å². The van der Waals surface area contributed by atoms with Gasteiger partial charge in [0.1, 0.15) is 5.82 Å². The monoisotopic (exact) mass is 279 g/mol. The lowest BCUT2D eigenvalue weighted by atomic mass is 10.1. The van der Waals surface area contributed by atoms with Crippen LogP contribution >= 0.6 is 0 Å². The van der Waals surface area contributed by atoms with E-state index in [0.29, 0.717) is 6.04 Å². The minimum Gasteiger partial charge on any atom is -0.399 e. The fourth-order valence-corrected chi connectivity index (χ4v) is 2.86. The third-order valence-corrected chi connectivity index (χ3v) is 3.85. The fraction of sp³-hybridized carbons (Fsp3) is 0.278. The molecule has 2 aromatic carbocycles. The average Bonchev–Trinajstić information content (AvgIpc) is 2.76. The van der Waals surface area contributed by atoms with Crippen molar-refractivity contribution in [1.29, 1.82) is 0 Å². The Kier molecular flexibility index (Phi) is 3.20. The molecule has 0 saturated carbocycles. The topological polar surface area (TPSA) is 43.8 Å². The number of nitrogens with two attached hydrogens (primary N) is 1. The van der Waals surface area contributed by atoms with Crippen molar-refractivity contribution in [2.75, 3.05) is 5.73 Å². The van der Waals surface area contributed by atoms with Gasteiger partial charge in [-0.25, -0.2) is 4.98 Å². The van der Waals surface area contributed by atoms with Crippen molar-refractivity contribution in [2.45, 2.75) is 33.7 Å². The Labute approximate surface area is 125 Å². The molecule has 3 aromatic rings. The number of anilines is 1. The zero-order chi connectivity index (χ0) is 15.1. The second kappa shape index (κ2) is 4.92. The second-order valence-electron chi connectivity index (χ2n) is 5.97. The lowest BCUT2D eigenvalue weighted by Crippen LogP contribution is -2.04. The number of fused-ring (bicyclic) bond motifs is 1. The van der Waals surface area contributed by atoms with Gasteiger partial charge in [0.05, 0.1) is 11.0 Å². The first-order valence-electron chi connectivity index (χ1n) is 7.32. The highest BCUT2D eigenvalue weighted by Gasteiger charge is 2.16. The van der Waals surface area contributed by atoms with Gasteiger partial charge < -0.3 is 10.3 Å². The molecule has 1 heterocycles. The summed E-state index contributed by atoms with van der Waals surface area (Å²) in [7, 11) is 0. The first kappa shape index (κ1) is 13.7. The van der Waals surface area contributed by atoms with Crippen LogP contribution in [0.25, 0.3) is 22.4 Å². The lowest BCUT2D eigenvalue weighted by molar-refractivity contribution is 0.624. The lowest BCUT2D eigenvalue weighted by Gasteiger charge is -2.14. The van der Waals surface area contributed by atoms with Gasteiger partial charge in [0.15, 0.2) is 0 Å². The Balaban J connectivity index is 2.33. The molecule has 3 heteroatoms. The maximum atomic E-state index is 5.87. The Hall–Kier alpha value is -2.29. The molecule has 0 unspecified atom stereocenters. The zero-order valence-corrected chi connectivity index (χ0v) is 13.0. The van der Waals surface area contributed by atoms with E-state index in [1.807, 2.05) is 12.1 Å². The highest BCUT2D eigenvalue weighted by Crippen LogP contribution is 2.31. The van der Waals surface area contributed by atoms with Gasteiger partial charge in [-0.2, -0.15) is 0 Å². The predicted molar refractivity (Wildman–Crippen MR) is 89.4 cm³/mol. The third-order valence-electron chi connectivity index (χ3n) is 3.85. The van der Waals surface area contributed by atoms with Crippen LogP contribution in [-0.4, -0.2) is 9.55 Å². The van der Waals surface area contributed by atoms with Gasteiger partial charge in [-0.05, 0) is 69.2 Å². The summed E-state index contributed by atoms with van der Waals surface area (Å²) >= 11 is 0. The number of aromatic nitrogens is 2. The van der Waals surface area contributed by atoms with E-state index in [9.17, 15) is 0 Å². The van der Waals surface area contributed by atoms with Gasteiger partial charge in [0.25, 0.3) is 0 Å². The zero-order valence-electron chi connectivity index (χ0n) is 13.0. The summed E-state index contributed by atoms with van der Waals surface area (Å²) < 4.78 is 2.30. The van der Waals surface area contributed by atoms with E-state index in [-0.39, 0.29) is 0 Å². The highest BCUT2D eigenvalue weighted by molar-refractivity contribution is 5.82. The van der Waals surface area contributed by atoms with Crippen molar-refractivity contribution < 1.29 is 0 Å². The Morgan fingerprint density at radius 3 is 2.48 bits per heavy atom. The standard InChI is InChI=1S/C18H21N3/c1-11(2)21-17-8-5-12(3)9-16(17)20-18(21)15-7-6-14(19)10-13(15)4/h5-11H,19H2,1-4H3. The van der Waals surface area contributed by atoms with Crippen LogP contribution in [0.1, 0.15) is 31.0 Å². The molecular weight excluding hydrogens is 258 g/mol. The summed E-state index contributed by atoms with van der Waals surface area (Å²) in [6.45, 7) is 8.57. The van der Waals surface area contributed by atoms with E-state index < -0.39 is 0 Å². The summed E-state index contributed by atoms with van der Waals surface area (Å²) in [6, 6.07) is 12.8. The van der Waals surface area contributed by atoms with E-state index in [4.69, 9.17) is 10.7 Å². The summed E-state index contributed by atoms with van der Waals surface area (Å²) in [6.07, 6.45) is 0. The molecular formula is C18H21N3. The minimum absolute atomic E-state index is 0.352. The van der Waals surface area contributed by atoms with Crippen molar-refractivity contribution in [2.24, 2.45) is 0 Å². The first-order valence-corrected chi connectivity index (χ1v) is 7.32. The molecule has 0 spiro atoms. The molecule has 0 amide bonds. The molecule has 0 saturated heterocycles. The molecule has 0 aliphatic rings. The minimum atomic E-state index is 0.352. The van der Waals surface area contributed by atoms with Crippen molar-refractivity contribution in [3.8, 4) is 11.4 Å². The summed E-state index contributed by atoms with van der Waals surface area (Å²) in [5.74, 6) is 1.02. The molecule has 3 rings (SSSR count).